The molecule has 0 amide bonds. The molecule has 0 radical (unpaired) electrons. The average molecular weight is 351 g/mol. The van der Waals surface area contributed by atoms with E-state index in [0.717, 1.165) is 37.4 Å². The second-order valence-electron chi connectivity index (χ2n) is 6.18. The lowest BCUT2D eigenvalue weighted by molar-refractivity contribution is 0.249. The smallest absolute Gasteiger partial charge is 0.259 e. The van der Waals surface area contributed by atoms with E-state index in [1.165, 1.54) is 0 Å². The summed E-state index contributed by atoms with van der Waals surface area (Å²) in [5.74, 6) is 1.40. The first kappa shape index (κ1) is 18.1. The minimum Gasteiger partial charge on any atom is -0.494 e. The summed E-state index contributed by atoms with van der Waals surface area (Å²) in [7, 11) is 0. The average Bonchev–Trinajstić information content (AvgIpc) is 2.68. The lowest BCUT2D eigenvalue weighted by atomic mass is 10.2. The number of nitrogens with zero attached hydrogens (tertiary/aromatic N) is 2. The van der Waals surface area contributed by atoms with Crippen molar-refractivity contribution in [1.82, 2.24) is 14.9 Å². The molecule has 5 nitrogen and oxygen atoms in total. The monoisotopic (exact) mass is 351 g/mol. The van der Waals surface area contributed by atoms with Crippen molar-refractivity contribution in [3.63, 3.8) is 0 Å². The molecular formula is C21H25N3O2. The van der Waals surface area contributed by atoms with Crippen LogP contribution in [0.5, 0.6) is 5.75 Å². The van der Waals surface area contributed by atoms with Gasteiger partial charge >= 0.3 is 0 Å². The van der Waals surface area contributed by atoms with E-state index in [1.54, 1.807) is 6.07 Å². The standard InChI is InChI=1S/C21H25N3O2/c1-3-24(4-2)14-7-15-26-17-12-10-16(11-13-17)20-22-19-9-6-5-8-18(19)21(25)23-20/h5-6,8-13H,3-4,7,14-15H2,1-2H3,(H,22,23,25). The topological polar surface area (TPSA) is 58.2 Å². The summed E-state index contributed by atoms with van der Waals surface area (Å²) in [4.78, 5) is 22.0. The highest BCUT2D eigenvalue weighted by molar-refractivity contribution is 5.79. The maximum Gasteiger partial charge on any atom is 0.259 e. The number of benzene rings is 2. The van der Waals surface area contributed by atoms with Gasteiger partial charge in [0.05, 0.1) is 17.5 Å². The highest BCUT2D eigenvalue weighted by atomic mass is 16.5. The summed E-state index contributed by atoms with van der Waals surface area (Å²) in [5.41, 5.74) is 1.44. The van der Waals surface area contributed by atoms with E-state index in [4.69, 9.17) is 4.74 Å². The Morgan fingerprint density at radius 1 is 1.04 bits per heavy atom. The Labute approximate surface area is 153 Å². The van der Waals surface area contributed by atoms with Crippen LogP contribution in [0, 0.1) is 0 Å². The van der Waals surface area contributed by atoms with Gasteiger partial charge in [-0.1, -0.05) is 26.0 Å². The first-order chi connectivity index (χ1) is 12.7. The SMILES string of the molecule is CCN(CC)CCCOc1ccc(-c2nc3ccccc3c(=O)[nH]2)cc1. The number of rotatable bonds is 8. The summed E-state index contributed by atoms with van der Waals surface area (Å²) < 4.78 is 5.81. The number of nitrogens with one attached hydrogen (secondary N) is 1. The molecule has 1 N–H and O–H groups in total. The summed E-state index contributed by atoms with van der Waals surface area (Å²) >= 11 is 0. The number of hydrogen-bond acceptors (Lipinski definition) is 4. The van der Waals surface area contributed by atoms with Crippen LogP contribution in [-0.4, -0.2) is 41.1 Å². The molecule has 3 aromatic rings. The molecule has 0 spiro atoms. The third-order valence-corrected chi connectivity index (χ3v) is 4.52. The van der Waals surface area contributed by atoms with Gasteiger partial charge in [-0.3, -0.25) is 4.79 Å². The van der Waals surface area contributed by atoms with Crippen LogP contribution in [0.15, 0.2) is 53.3 Å². The fraction of sp³-hybridized carbons (Fsp3) is 0.333. The molecule has 0 saturated heterocycles. The quantitative estimate of drug-likeness (QED) is 0.629. The Hall–Kier alpha value is -2.66. The molecule has 26 heavy (non-hydrogen) atoms. The van der Waals surface area contributed by atoms with Crippen LogP contribution in [0.2, 0.25) is 0 Å². The van der Waals surface area contributed by atoms with E-state index in [1.807, 2.05) is 42.5 Å². The van der Waals surface area contributed by atoms with E-state index < -0.39 is 0 Å². The summed E-state index contributed by atoms with van der Waals surface area (Å²) in [6.45, 7) is 8.24. The lowest BCUT2D eigenvalue weighted by Gasteiger charge is -2.17. The molecule has 0 bridgehead atoms. The number of H-pyrrole nitrogens is 1. The van der Waals surface area contributed by atoms with Crippen LogP contribution >= 0.6 is 0 Å². The van der Waals surface area contributed by atoms with Crippen molar-refractivity contribution in [2.45, 2.75) is 20.3 Å². The molecular weight excluding hydrogens is 326 g/mol. The lowest BCUT2D eigenvalue weighted by Crippen LogP contribution is -2.25. The largest absolute Gasteiger partial charge is 0.494 e. The fourth-order valence-corrected chi connectivity index (χ4v) is 2.95. The summed E-state index contributed by atoms with van der Waals surface area (Å²) in [6.07, 6.45) is 1.00. The molecule has 136 valence electrons. The van der Waals surface area contributed by atoms with Gasteiger partial charge < -0.3 is 14.6 Å². The van der Waals surface area contributed by atoms with E-state index in [9.17, 15) is 4.79 Å². The van der Waals surface area contributed by atoms with Crippen molar-refractivity contribution in [2.24, 2.45) is 0 Å². The molecule has 2 aromatic carbocycles. The van der Waals surface area contributed by atoms with Gasteiger partial charge in [-0.15, -0.1) is 0 Å². The van der Waals surface area contributed by atoms with E-state index >= 15 is 0 Å². The van der Waals surface area contributed by atoms with Crippen molar-refractivity contribution in [3.05, 3.63) is 58.9 Å². The molecule has 0 aliphatic rings. The van der Waals surface area contributed by atoms with Gasteiger partial charge in [0.2, 0.25) is 0 Å². The van der Waals surface area contributed by atoms with E-state index in [2.05, 4.69) is 28.7 Å². The molecule has 5 heteroatoms. The van der Waals surface area contributed by atoms with Crippen LogP contribution in [0.4, 0.5) is 0 Å². The van der Waals surface area contributed by atoms with Gasteiger partial charge in [0.15, 0.2) is 0 Å². The van der Waals surface area contributed by atoms with E-state index in [0.29, 0.717) is 23.3 Å². The Morgan fingerprint density at radius 3 is 2.50 bits per heavy atom. The first-order valence-corrected chi connectivity index (χ1v) is 9.16. The summed E-state index contributed by atoms with van der Waals surface area (Å²) in [5, 5.41) is 0.601. The molecule has 3 rings (SSSR count). The van der Waals surface area contributed by atoms with Crippen LogP contribution in [-0.2, 0) is 0 Å². The van der Waals surface area contributed by atoms with Gasteiger partial charge in [-0.05, 0) is 55.9 Å². The zero-order chi connectivity index (χ0) is 18.4. The normalized spacial score (nSPS) is 11.2. The van der Waals surface area contributed by atoms with Crippen molar-refractivity contribution >= 4 is 10.9 Å². The third-order valence-electron chi connectivity index (χ3n) is 4.52. The van der Waals surface area contributed by atoms with Gasteiger partial charge in [0, 0.05) is 12.1 Å². The van der Waals surface area contributed by atoms with Crippen LogP contribution in [0.1, 0.15) is 20.3 Å². The van der Waals surface area contributed by atoms with Gasteiger partial charge in [0.1, 0.15) is 11.6 Å². The maximum absolute atomic E-state index is 12.2. The third kappa shape index (κ3) is 4.29. The molecule has 0 unspecified atom stereocenters. The van der Waals surface area contributed by atoms with Crippen LogP contribution in [0.3, 0.4) is 0 Å². The number of aromatic nitrogens is 2. The number of para-hydroxylation sites is 1. The van der Waals surface area contributed by atoms with Crippen LogP contribution in [0.25, 0.3) is 22.3 Å². The van der Waals surface area contributed by atoms with Gasteiger partial charge in [0.25, 0.3) is 5.56 Å². The van der Waals surface area contributed by atoms with Crippen molar-refractivity contribution in [2.75, 3.05) is 26.2 Å². The van der Waals surface area contributed by atoms with Gasteiger partial charge in [-0.2, -0.15) is 0 Å². The number of hydrogen-bond donors (Lipinski definition) is 1. The van der Waals surface area contributed by atoms with Crippen LogP contribution < -0.4 is 10.3 Å². The minimum absolute atomic E-state index is 0.123. The second kappa shape index (κ2) is 8.63. The molecule has 0 aliphatic carbocycles. The molecule has 0 fully saturated rings. The predicted molar refractivity (Wildman–Crippen MR) is 106 cm³/mol. The maximum atomic E-state index is 12.2. The fourth-order valence-electron chi connectivity index (χ4n) is 2.95. The molecule has 0 atom stereocenters. The molecule has 1 heterocycles. The molecule has 1 aromatic heterocycles. The van der Waals surface area contributed by atoms with Crippen molar-refractivity contribution in [1.29, 1.82) is 0 Å². The Morgan fingerprint density at radius 2 is 1.77 bits per heavy atom. The number of aromatic amines is 1. The zero-order valence-electron chi connectivity index (χ0n) is 15.4. The minimum atomic E-state index is -0.123. The van der Waals surface area contributed by atoms with Crippen molar-refractivity contribution < 1.29 is 4.74 Å². The molecule has 0 aliphatic heterocycles. The highest BCUT2D eigenvalue weighted by Crippen LogP contribution is 2.20. The highest BCUT2D eigenvalue weighted by Gasteiger charge is 2.06. The number of ether oxygens (including phenoxy) is 1. The Bertz CT molecular complexity index is 899. The van der Waals surface area contributed by atoms with Crippen molar-refractivity contribution in [3.8, 4) is 17.1 Å². The Balaban J connectivity index is 1.65. The Kier molecular flexibility index (Phi) is 6.02. The predicted octanol–water partition coefficient (Wildman–Crippen LogP) is 3.70. The first-order valence-electron chi connectivity index (χ1n) is 9.16. The zero-order valence-corrected chi connectivity index (χ0v) is 15.4. The van der Waals surface area contributed by atoms with E-state index in [-0.39, 0.29) is 5.56 Å². The van der Waals surface area contributed by atoms with Gasteiger partial charge in [-0.25, -0.2) is 4.98 Å². The number of fused-ring (bicyclic) bond motifs is 1. The molecule has 0 saturated carbocycles. The summed E-state index contributed by atoms with van der Waals surface area (Å²) in [6, 6.07) is 15.0. The second-order valence-corrected chi connectivity index (χ2v) is 6.18.